The molecule has 4 heteroatoms. The quantitative estimate of drug-likeness (QED) is 0.746. The number of hydrogen-bond acceptors (Lipinski definition) is 2. The van der Waals surface area contributed by atoms with Crippen LogP contribution in [0.3, 0.4) is 0 Å². The Bertz CT molecular complexity index is 442. The molecule has 0 aliphatic carbocycles. The summed E-state index contributed by atoms with van der Waals surface area (Å²) in [6.07, 6.45) is 4.03. The van der Waals surface area contributed by atoms with E-state index in [2.05, 4.69) is 0 Å². The second kappa shape index (κ2) is 4.73. The fraction of sp³-hybridized carbons (Fsp3) is 0.538. The number of amides is 1. The summed E-state index contributed by atoms with van der Waals surface area (Å²) in [7, 11) is 0. The van der Waals surface area contributed by atoms with Crippen molar-refractivity contribution < 1.29 is 9.59 Å². The molecule has 4 nitrogen and oxygen atoms in total. The lowest BCUT2D eigenvalue weighted by atomic mass is 10.2. The number of rotatable bonds is 3. The zero-order chi connectivity index (χ0) is 12.4. The van der Waals surface area contributed by atoms with Crippen LogP contribution in [0.25, 0.3) is 0 Å². The van der Waals surface area contributed by atoms with Crippen LogP contribution in [0.5, 0.6) is 0 Å². The molecule has 0 aromatic carbocycles. The first-order chi connectivity index (χ1) is 8.09. The number of carbonyl (C=O) groups excluding carboxylic acids is 2. The summed E-state index contributed by atoms with van der Waals surface area (Å²) in [4.78, 5) is 25.2. The Morgan fingerprint density at radius 3 is 2.47 bits per heavy atom. The van der Waals surface area contributed by atoms with Gasteiger partial charge in [-0.15, -0.1) is 0 Å². The third-order valence-electron chi connectivity index (χ3n) is 3.39. The first kappa shape index (κ1) is 11.9. The molecule has 1 amide bonds. The Kier molecular flexibility index (Phi) is 3.31. The third-order valence-corrected chi connectivity index (χ3v) is 3.39. The summed E-state index contributed by atoms with van der Waals surface area (Å²) in [6, 6.07) is 1.79. The molecule has 17 heavy (non-hydrogen) atoms. The second-order valence-electron chi connectivity index (χ2n) is 4.59. The summed E-state index contributed by atoms with van der Waals surface area (Å²) in [5.74, 6) is 0.200. The number of likely N-dealkylation sites (tertiary alicyclic amines) is 1. The number of Topliss-reactive ketones (excluding diaryl/α,β-unsaturated/α-hetero) is 1. The average molecular weight is 234 g/mol. The SMILES string of the molecule is CC(=O)c1ccn(CC(=O)N2CCCC2)c1C. The molecule has 0 atom stereocenters. The lowest BCUT2D eigenvalue weighted by molar-refractivity contribution is -0.130. The minimum atomic E-state index is 0.0508. The number of hydrogen-bond donors (Lipinski definition) is 0. The smallest absolute Gasteiger partial charge is 0.242 e. The number of nitrogens with zero attached hydrogens (tertiary/aromatic N) is 2. The van der Waals surface area contributed by atoms with Gasteiger partial charge in [-0.2, -0.15) is 0 Å². The van der Waals surface area contributed by atoms with Crippen molar-refractivity contribution in [2.45, 2.75) is 33.2 Å². The molecular weight excluding hydrogens is 216 g/mol. The Balaban J connectivity index is 2.08. The second-order valence-corrected chi connectivity index (χ2v) is 4.59. The highest BCUT2D eigenvalue weighted by Crippen LogP contribution is 2.13. The van der Waals surface area contributed by atoms with Gasteiger partial charge < -0.3 is 9.47 Å². The topological polar surface area (TPSA) is 42.3 Å². The average Bonchev–Trinajstić information content (AvgIpc) is 2.89. The molecule has 0 unspecified atom stereocenters. The molecule has 0 bridgehead atoms. The predicted octanol–water partition coefficient (Wildman–Crippen LogP) is 1.62. The van der Waals surface area contributed by atoms with E-state index in [1.165, 1.54) is 0 Å². The standard InChI is InChI=1S/C13H18N2O2/c1-10-12(11(2)16)5-8-15(10)9-13(17)14-6-3-4-7-14/h5,8H,3-4,6-7,9H2,1-2H3. The van der Waals surface area contributed by atoms with Crippen molar-refractivity contribution in [2.24, 2.45) is 0 Å². The molecule has 1 saturated heterocycles. The lowest BCUT2D eigenvalue weighted by Gasteiger charge is -2.16. The predicted molar refractivity (Wildman–Crippen MR) is 65.0 cm³/mol. The molecule has 2 heterocycles. The third kappa shape index (κ3) is 2.40. The fourth-order valence-corrected chi connectivity index (χ4v) is 2.31. The van der Waals surface area contributed by atoms with Gasteiger partial charge in [0.1, 0.15) is 6.54 Å². The van der Waals surface area contributed by atoms with Crippen LogP contribution in [0.4, 0.5) is 0 Å². The van der Waals surface area contributed by atoms with Gasteiger partial charge in [-0.05, 0) is 32.8 Å². The molecule has 1 aromatic heterocycles. The molecule has 1 aliphatic rings. The van der Waals surface area contributed by atoms with Gasteiger partial charge in [0.25, 0.3) is 0 Å². The van der Waals surface area contributed by atoms with E-state index in [4.69, 9.17) is 0 Å². The molecule has 92 valence electrons. The first-order valence-electron chi connectivity index (χ1n) is 6.04. The molecule has 1 aromatic rings. The van der Waals surface area contributed by atoms with Crippen LogP contribution < -0.4 is 0 Å². The fourth-order valence-electron chi connectivity index (χ4n) is 2.31. The molecule has 0 N–H and O–H groups in total. The molecule has 0 saturated carbocycles. The van der Waals surface area contributed by atoms with Crippen LogP contribution in [0.1, 0.15) is 35.8 Å². The van der Waals surface area contributed by atoms with E-state index in [0.717, 1.165) is 31.6 Å². The van der Waals surface area contributed by atoms with Gasteiger partial charge in [-0.1, -0.05) is 0 Å². The van der Waals surface area contributed by atoms with Gasteiger partial charge in [-0.3, -0.25) is 9.59 Å². The monoisotopic (exact) mass is 234 g/mol. The van der Waals surface area contributed by atoms with Crippen LogP contribution >= 0.6 is 0 Å². The summed E-state index contributed by atoms with van der Waals surface area (Å²) < 4.78 is 1.86. The summed E-state index contributed by atoms with van der Waals surface area (Å²) in [6.45, 7) is 5.53. The Labute approximate surface area is 101 Å². The highest BCUT2D eigenvalue weighted by Gasteiger charge is 2.19. The number of carbonyl (C=O) groups is 2. The summed E-state index contributed by atoms with van der Waals surface area (Å²) in [5, 5.41) is 0. The first-order valence-corrected chi connectivity index (χ1v) is 6.04. The van der Waals surface area contributed by atoms with Crippen molar-refractivity contribution in [3.05, 3.63) is 23.5 Å². The summed E-state index contributed by atoms with van der Waals surface area (Å²) >= 11 is 0. The minimum Gasteiger partial charge on any atom is -0.342 e. The van der Waals surface area contributed by atoms with Gasteiger partial charge >= 0.3 is 0 Å². The molecule has 1 aliphatic heterocycles. The molecule has 0 radical (unpaired) electrons. The number of ketones is 1. The molecule has 2 rings (SSSR count). The zero-order valence-electron chi connectivity index (χ0n) is 10.4. The van der Waals surface area contributed by atoms with E-state index < -0.39 is 0 Å². The molecular formula is C13H18N2O2. The maximum atomic E-state index is 12.0. The van der Waals surface area contributed by atoms with Gasteiger partial charge in [0.2, 0.25) is 5.91 Å². The van der Waals surface area contributed by atoms with Crippen molar-refractivity contribution in [2.75, 3.05) is 13.1 Å². The van der Waals surface area contributed by atoms with Crippen LogP contribution in [-0.2, 0) is 11.3 Å². The largest absolute Gasteiger partial charge is 0.342 e. The Morgan fingerprint density at radius 2 is 1.94 bits per heavy atom. The molecule has 0 spiro atoms. The van der Waals surface area contributed by atoms with E-state index in [-0.39, 0.29) is 11.7 Å². The van der Waals surface area contributed by atoms with E-state index in [1.807, 2.05) is 22.6 Å². The van der Waals surface area contributed by atoms with E-state index >= 15 is 0 Å². The van der Waals surface area contributed by atoms with Crippen molar-refractivity contribution in [3.63, 3.8) is 0 Å². The maximum Gasteiger partial charge on any atom is 0.242 e. The van der Waals surface area contributed by atoms with Crippen LogP contribution in [0.2, 0.25) is 0 Å². The van der Waals surface area contributed by atoms with Crippen LogP contribution in [0.15, 0.2) is 12.3 Å². The van der Waals surface area contributed by atoms with Crippen molar-refractivity contribution in [3.8, 4) is 0 Å². The van der Waals surface area contributed by atoms with Crippen molar-refractivity contribution in [1.29, 1.82) is 0 Å². The zero-order valence-corrected chi connectivity index (χ0v) is 10.4. The van der Waals surface area contributed by atoms with Gasteiger partial charge in [0.15, 0.2) is 5.78 Å². The van der Waals surface area contributed by atoms with Crippen LogP contribution in [-0.4, -0.2) is 34.2 Å². The highest BCUT2D eigenvalue weighted by atomic mass is 16.2. The molecule has 1 fully saturated rings. The lowest BCUT2D eigenvalue weighted by Crippen LogP contribution is -2.31. The normalized spacial score (nSPS) is 15.3. The Hall–Kier alpha value is -1.58. The van der Waals surface area contributed by atoms with Crippen molar-refractivity contribution >= 4 is 11.7 Å². The van der Waals surface area contributed by atoms with E-state index in [0.29, 0.717) is 12.1 Å². The van der Waals surface area contributed by atoms with Gasteiger partial charge in [0.05, 0.1) is 0 Å². The minimum absolute atomic E-state index is 0.0508. The summed E-state index contributed by atoms with van der Waals surface area (Å²) in [5.41, 5.74) is 1.59. The van der Waals surface area contributed by atoms with Gasteiger partial charge in [-0.25, -0.2) is 0 Å². The van der Waals surface area contributed by atoms with E-state index in [1.54, 1.807) is 13.0 Å². The Morgan fingerprint density at radius 1 is 1.29 bits per heavy atom. The van der Waals surface area contributed by atoms with Crippen molar-refractivity contribution in [1.82, 2.24) is 9.47 Å². The van der Waals surface area contributed by atoms with E-state index in [9.17, 15) is 9.59 Å². The van der Waals surface area contributed by atoms with Crippen LogP contribution in [0, 0.1) is 6.92 Å². The number of aromatic nitrogens is 1. The maximum absolute atomic E-state index is 12.0. The highest BCUT2D eigenvalue weighted by molar-refractivity contribution is 5.95. The van der Waals surface area contributed by atoms with Gasteiger partial charge in [0, 0.05) is 30.5 Å².